The van der Waals surface area contributed by atoms with Crippen molar-refractivity contribution in [3.8, 4) is 0 Å². The van der Waals surface area contributed by atoms with Crippen molar-refractivity contribution in [3.05, 3.63) is 27.7 Å². The molecular formula is C6H4F3N3O4S. The van der Waals surface area contributed by atoms with E-state index in [0.29, 0.717) is 0 Å². The Kier molecular flexibility index (Phi) is 3.33. The Morgan fingerprint density at radius 2 is 2.00 bits per heavy atom. The standard InChI is InChI=1S/C6H4F3N3O4S/c7-2-1-3(12(13)14)11-4(6(8)9)5(2)17(10,15)16/h1,6H,(H2,10,15,16). The topological polar surface area (TPSA) is 116 Å². The highest BCUT2D eigenvalue weighted by atomic mass is 32.2. The van der Waals surface area contributed by atoms with E-state index < -0.39 is 43.6 Å². The Bertz CT molecular complexity index is 574. The summed E-state index contributed by atoms with van der Waals surface area (Å²) in [5.41, 5.74) is -1.58. The number of primary sulfonamides is 1. The van der Waals surface area contributed by atoms with Crippen molar-refractivity contribution < 1.29 is 26.5 Å². The van der Waals surface area contributed by atoms with Gasteiger partial charge in [0.2, 0.25) is 15.7 Å². The molecule has 11 heteroatoms. The van der Waals surface area contributed by atoms with E-state index in [4.69, 9.17) is 0 Å². The average Bonchev–Trinajstić information content (AvgIpc) is 2.13. The summed E-state index contributed by atoms with van der Waals surface area (Å²) in [4.78, 5) is 10.2. The Labute approximate surface area is 92.3 Å². The molecule has 94 valence electrons. The van der Waals surface area contributed by atoms with E-state index in [1.54, 1.807) is 0 Å². The van der Waals surface area contributed by atoms with Gasteiger partial charge in [-0.2, -0.15) is 0 Å². The van der Waals surface area contributed by atoms with Gasteiger partial charge in [-0.05, 0) is 9.91 Å². The van der Waals surface area contributed by atoms with Crippen LogP contribution in [0.15, 0.2) is 11.0 Å². The zero-order chi connectivity index (χ0) is 13.4. The first-order valence-corrected chi connectivity index (χ1v) is 5.35. The van der Waals surface area contributed by atoms with Crippen molar-refractivity contribution in [1.82, 2.24) is 4.98 Å². The molecule has 1 aromatic heterocycles. The molecule has 1 aromatic rings. The number of nitrogens with zero attached hydrogens (tertiary/aromatic N) is 2. The third-order valence-corrected chi connectivity index (χ3v) is 2.59. The number of aromatic nitrogens is 1. The molecule has 0 aromatic carbocycles. The normalized spacial score (nSPS) is 11.8. The Morgan fingerprint density at radius 3 is 2.35 bits per heavy atom. The van der Waals surface area contributed by atoms with Crippen LogP contribution in [0.1, 0.15) is 12.1 Å². The largest absolute Gasteiger partial charge is 0.366 e. The van der Waals surface area contributed by atoms with Crippen LogP contribution in [0.4, 0.5) is 19.0 Å². The van der Waals surface area contributed by atoms with Crippen LogP contribution in [0.2, 0.25) is 0 Å². The van der Waals surface area contributed by atoms with Gasteiger partial charge in [-0.25, -0.2) is 26.7 Å². The maximum absolute atomic E-state index is 13.2. The third kappa shape index (κ3) is 2.68. The molecule has 1 rings (SSSR count). The van der Waals surface area contributed by atoms with Crippen molar-refractivity contribution in [2.45, 2.75) is 11.3 Å². The number of hydrogen-bond acceptors (Lipinski definition) is 5. The molecule has 0 saturated carbocycles. The second-order valence-corrected chi connectivity index (χ2v) is 4.28. The molecule has 0 aliphatic carbocycles. The van der Waals surface area contributed by atoms with E-state index in [2.05, 4.69) is 10.1 Å². The van der Waals surface area contributed by atoms with Crippen molar-refractivity contribution in [2.75, 3.05) is 0 Å². The minimum atomic E-state index is -4.79. The van der Waals surface area contributed by atoms with E-state index >= 15 is 0 Å². The Hall–Kier alpha value is -1.75. The average molecular weight is 271 g/mol. The summed E-state index contributed by atoms with van der Waals surface area (Å²) in [6.45, 7) is 0. The van der Waals surface area contributed by atoms with Crippen LogP contribution in [-0.2, 0) is 10.0 Å². The van der Waals surface area contributed by atoms with Crippen LogP contribution in [0.3, 0.4) is 0 Å². The molecule has 0 amide bonds. The number of hydrogen-bond donors (Lipinski definition) is 1. The summed E-state index contributed by atoms with van der Waals surface area (Å²) in [7, 11) is -4.79. The molecule has 0 spiro atoms. The lowest BCUT2D eigenvalue weighted by Gasteiger charge is -2.03. The lowest BCUT2D eigenvalue weighted by atomic mass is 10.3. The fraction of sp³-hybridized carbons (Fsp3) is 0.167. The lowest BCUT2D eigenvalue weighted by molar-refractivity contribution is -0.390. The van der Waals surface area contributed by atoms with Gasteiger partial charge in [0.1, 0.15) is 0 Å². The second kappa shape index (κ2) is 4.25. The van der Waals surface area contributed by atoms with Gasteiger partial charge < -0.3 is 10.1 Å². The Morgan fingerprint density at radius 1 is 1.47 bits per heavy atom. The summed E-state index contributed by atoms with van der Waals surface area (Å²) in [6.07, 6.45) is -3.52. The number of halogens is 3. The summed E-state index contributed by atoms with van der Waals surface area (Å²) in [6, 6.07) is 0.103. The highest BCUT2D eigenvalue weighted by Crippen LogP contribution is 2.28. The van der Waals surface area contributed by atoms with Crippen LogP contribution >= 0.6 is 0 Å². The van der Waals surface area contributed by atoms with E-state index in [1.165, 1.54) is 0 Å². The van der Waals surface area contributed by atoms with Gasteiger partial charge in [0.15, 0.2) is 10.7 Å². The highest BCUT2D eigenvalue weighted by molar-refractivity contribution is 7.89. The van der Waals surface area contributed by atoms with Crippen LogP contribution in [0, 0.1) is 15.9 Å². The molecule has 2 N–H and O–H groups in total. The Balaban J connectivity index is 3.67. The summed E-state index contributed by atoms with van der Waals surface area (Å²) in [5, 5.41) is 14.8. The van der Waals surface area contributed by atoms with E-state index in [9.17, 15) is 31.7 Å². The van der Waals surface area contributed by atoms with E-state index in [0.717, 1.165) is 0 Å². The molecule has 0 radical (unpaired) electrons. The van der Waals surface area contributed by atoms with E-state index in [1.807, 2.05) is 0 Å². The third-order valence-electron chi connectivity index (χ3n) is 1.62. The number of nitrogens with two attached hydrogens (primary N) is 1. The smallest absolute Gasteiger partial charge is 0.358 e. The zero-order valence-corrected chi connectivity index (χ0v) is 8.62. The predicted octanol–water partition coefficient (Wildman–Crippen LogP) is 0.714. The molecule has 0 aliphatic heterocycles. The van der Waals surface area contributed by atoms with Crippen molar-refractivity contribution in [3.63, 3.8) is 0 Å². The van der Waals surface area contributed by atoms with Crippen molar-refractivity contribution in [1.29, 1.82) is 0 Å². The molecule has 0 fully saturated rings. The molecule has 0 bridgehead atoms. The van der Waals surface area contributed by atoms with Crippen LogP contribution in [0.5, 0.6) is 0 Å². The fourth-order valence-electron chi connectivity index (χ4n) is 1.03. The molecule has 0 unspecified atom stereocenters. The highest BCUT2D eigenvalue weighted by Gasteiger charge is 2.33. The lowest BCUT2D eigenvalue weighted by Crippen LogP contribution is -2.18. The number of pyridine rings is 1. The number of alkyl halides is 2. The van der Waals surface area contributed by atoms with Crippen LogP contribution < -0.4 is 5.14 Å². The van der Waals surface area contributed by atoms with Gasteiger partial charge in [0, 0.05) is 0 Å². The second-order valence-electron chi connectivity index (χ2n) is 2.78. The zero-order valence-electron chi connectivity index (χ0n) is 7.80. The van der Waals surface area contributed by atoms with Gasteiger partial charge in [-0.15, -0.1) is 0 Å². The molecule has 7 nitrogen and oxygen atoms in total. The molecule has 17 heavy (non-hydrogen) atoms. The quantitative estimate of drug-likeness (QED) is 0.642. The molecule has 0 atom stereocenters. The first kappa shape index (κ1) is 13.3. The fourth-order valence-corrected chi connectivity index (χ4v) is 1.79. The molecule has 0 aliphatic rings. The minimum absolute atomic E-state index is 0.103. The van der Waals surface area contributed by atoms with E-state index in [-0.39, 0.29) is 6.07 Å². The summed E-state index contributed by atoms with van der Waals surface area (Å²) >= 11 is 0. The van der Waals surface area contributed by atoms with Gasteiger partial charge >= 0.3 is 12.2 Å². The number of rotatable bonds is 3. The maximum Gasteiger partial charge on any atom is 0.366 e. The molecule has 1 heterocycles. The first-order chi connectivity index (χ1) is 7.64. The van der Waals surface area contributed by atoms with Gasteiger partial charge in [-0.1, -0.05) is 0 Å². The summed E-state index contributed by atoms with van der Waals surface area (Å²) in [5.74, 6) is -2.98. The van der Waals surface area contributed by atoms with Crippen molar-refractivity contribution in [2.24, 2.45) is 5.14 Å². The monoisotopic (exact) mass is 271 g/mol. The van der Waals surface area contributed by atoms with Gasteiger partial charge in [-0.3, -0.25) is 0 Å². The minimum Gasteiger partial charge on any atom is -0.358 e. The van der Waals surface area contributed by atoms with Gasteiger partial charge in [0.25, 0.3) is 0 Å². The van der Waals surface area contributed by atoms with Crippen LogP contribution in [0.25, 0.3) is 0 Å². The molecule has 0 saturated heterocycles. The predicted molar refractivity (Wildman–Crippen MR) is 47.2 cm³/mol. The number of nitro groups is 1. The number of sulfonamides is 1. The maximum atomic E-state index is 13.2. The van der Waals surface area contributed by atoms with Gasteiger partial charge in [0.05, 0.1) is 6.07 Å². The first-order valence-electron chi connectivity index (χ1n) is 3.80. The van der Waals surface area contributed by atoms with Crippen molar-refractivity contribution >= 4 is 15.8 Å². The van der Waals surface area contributed by atoms with Crippen LogP contribution in [-0.4, -0.2) is 18.3 Å². The molecular weight excluding hydrogens is 267 g/mol. The SMILES string of the molecule is NS(=O)(=O)c1c(F)cc([N+](=O)[O-])nc1C(F)F. The summed E-state index contributed by atoms with van der Waals surface area (Å²) < 4.78 is 59.7.